The number of benzene rings is 1. The fraction of sp³-hybridized carbons (Fsp3) is 0.562. The Bertz CT molecular complexity index is 5220. The number of piperazine rings is 1. The number of aromatic amines is 1. The number of carbonyl (C=O) groups excluding carboxylic acids is 8. The molecular formula is C96H128N18O18. The number of pyridine rings is 1. The number of methoxy groups -OCH3 is 2. The molecule has 2 bridgehead atoms. The molecule has 1 aromatic carbocycles. The van der Waals surface area contributed by atoms with Gasteiger partial charge in [-0.05, 0) is 156 Å². The van der Waals surface area contributed by atoms with Crippen molar-refractivity contribution in [3.63, 3.8) is 0 Å². The van der Waals surface area contributed by atoms with Gasteiger partial charge in [-0.2, -0.15) is 10.1 Å². The lowest BCUT2D eigenvalue weighted by atomic mass is 9.83. The van der Waals surface area contributed by atoms with Crippen LogP contribution in [0.15, 0.2) is 115 Å². The number of aliphatic hydroxyl groups excluding tert-OH is 1. The molecule has 11 heterocycles. The minimum atomic E-state index is -1.34. The number of amides is 4. The zero-order valence-electron chi connectivity index (χ0n) is 76.8. The number of anilines is 4. The van der Waals surface area contributed by atoms with Crippen molar-refractivity contribution >= 4 is 92.7 Å². The third-order valence-corrected chi connectivity index (χ3v) is 25.7. The zero-order chi connectivity index (χ0) is 93.2. The van der Waals surface area contributed by atoms with Crippen molar-refractivity contribution in [3.8, 4) is 11.3 Å². The highest BCUT2D eigenvalue weighted by Gasteiger charge is 2.43. The fourth-order valence-corrected chi connectivity index (χ4v) is 18.1. The van der Waals surface area contributed by atoms with E-state index in [4.69, 9.17) is 59.2 Å². The summed E-state index contributed by atoms with van der Waals surface area (Å²) >= 11 is 0. The second kappa shape index (κ2) is 48.3. The Hall–Kier alpha value is -11.4. The van der Waals surface area contributed by atoms with Crippen LogP contribution in [0, 0.1) is 23.7 Å². The van der Waals surface area contributed by atoms with Crippen molar-refractivity contribution in [1.82, 2.24) is 70.1 Å². The first-order valence-corrected chi connectivity index (χ1v) is 46.4. The number of ketones is 3. The number of esters is 1. The van der Waals surface area contributed by atoms with E-state index in [1.807, 2.05) is 88.9 Å². The number of nitrogens with one attached hydrogen (secondary N) is 3. The SMILES string of the molecule is CO[C@H]1CC2CCCC(O2)C(=O)C(=O)N2CCCC[C@H]2C(=O)O[C@H](CC[C@H]2CC[C@H](OC(=O)NCc3cnc(N4CCN(c5ncc(C(=O)NCCOCCOCCOCCOCCC(=O)N6CCc7cc(Cn8nc(-c9cnc%10[nH]ccc%10c9)c9c(N)ncnc98)ccc7C6)c(N)n5)CC4)nc3)CC2)CC(=O)[C@H](C)/C=C(\C)[C@@H](O)[C@@H](OC)C(=O)[C@H](C)C[C@H](C)/C=C/C=C/C=C/1C. The molecule has 132 heavy (non-hydrogen) atoms. The maximum absolute atomic E-state index is 14.5. The van der Waals surface area contributed by atoms with Crippen molar-refractivity contribution in [1.29, 1.82) is 0 Å². The van der Waals surface area contributed by atoms with Crippen molar-refractivity contribution in [2.24, 2.45) is 23.7 Å². The number of cyclic esters (lactones) is 1. The molecule has 1 saturated carbocycles. The summed E-state index contributed by atoms with van der Waals surface area (Å²) in [6.45, 7) is 16.0. The third kappa shape index (κ3) is 26.8. The molecule has 6 aliphatic rings. The van der Waals surface area contributed by atoms with Gasteiger partial charge in [-0.3, -0.25) is 28.8 Å². The summed E-state index contributed by atoms with van der Waals surface area (Å²) in [5.41, 5.74) is 21.1. The zero-order valence-corrected chi connectivity index (χ0v) is 76.8. The number of nitrogens with two attached hydrogens (primary N) is 2. The lowest BCUT2D eigenvalue weighted by Gasteiger charge is -2.36. The number of aromatic nitrogens is 10. The number of H-pyrrole nitrogens is 1. The molecule has 0 radical (unpaired) electrons. The molecule has 6 aromatic heterocycles. The van der Waals surface area contributed by atoms with Crippen LogP contribution in [0.1, 0.15) is 170 Å². The maximum atomic E-state index is 14.5. The van der Waals surface area contributed by atoms with Crippen molar-refractivity contribution in [2.75, 3.05) is 134 Å². The van der Waals surface area contributed by atoms with Gasteiger partial charge in [0.2, 0.25) is 23.6 Å². The van der Waals surface area contributed by atoms with Gasteiger partial charge in [-0.1, -0.05) is 75.4 Å². The number of piperidine rings is 1. The van der Waals surface area contributed by atoms with E-state index >= 15 is 0 Å². The van der Waals surface area contributed by atoms with E-state index in [1.165, 1.54) is 30.1 Å². The Morgan fingerprint density at radius 1 is 0.689 bits per heavy atom. The average molecular weight is 1820 g/mol. The van der Waals surface area contributed by atoms with Gasteiger partial charge in [0.05, 0.1) is 89.0 Å². The van der Waals surface area contributed by atoms with Crippen molar-refractivity contribution < 1.29 is 86.1 Å². The van der Waals surface area contributed by atoms with E-state index in [0.29, 0.717) is 215 Å². The molecule has 1 aliphatic carbocycles. The summed E-state index contributed by atoms with van der Waals surface area (Å²) < 4.78 is 54.6. The van der Waals surface area contributed by atoms with E-state index in [1.54, 1.807) is 45.6 Å². The molecule has 3 saturated heterocycles. The van der Waals surface area contributed by atoms with E-state index in [2.05, 4.69) is 68.7 Å². The first-order chi connectivity index (χ1) is 63.9. The van der Waals surface area contributed by atoms with Crippen LogP contribution in [0.5, 0.6) is 0 Å². The molecule has 10 atom stereocenters. The van der Waals surface area contributed by atoms with E-state index in [9.17, 15) is 43.5 Å². The van der Waals surface area contributed by atoms with Crippen LogP contribution in [0.25, 0.3) is 33.3 Å². The Balaban J connectivity index is 0.478. The monoisotopic (exact) mass is 1820 g/mol. The number of hydrogen-bond donors (Lipinski definition) is 6. The molecule has 4 fully saturated rings. The predicted molar refractivity (Wildman–Crippen MR) is 492 cm³/mol. The van der Waals surface area contributed by atoms with Crippen molar-refractivity contribution in [3.05, 3.63) is 143 Å². The minimum absolute atomic E-state index is 0.0119. The number of ether oxygens (including phenoxy) is 9. The first kappa shape index (κ1) is 98.1. The quantitative estimate of drug-likeness (QED) is 0.0110. The molecule has 8 N–H and O–H groups in total. The minimum Gasteiger partial charge on any atom is -0.460 e. The summed E-state index contributed by atoms with van der Waals surface area (Å²) in [4.78, 5) is 153. The number of alkyl carbamates (subject to hydrolysis) is 1. The highest BCUT2D eigenvalue weighted by Crippen LogP contribution is 2.36. The second-order valence-corrected chi connectivity index (χ2v) is 35.3. The Morgan fingerprint density at radius 3 is 2.17 bits per heavy atom. The van der Waals surface area contributed by atoms with Crippen LogP contribution < -0.4 is 31.9 Å². The number of nitrogens with zero attached hydrogens (tertiary/aromatic N) is 13. The van der Waals surface area contributed by atoms with Gasteiger partial charge in [0.15, 0.2) is 11.4 Å². The Labute approximate surface area is 769 Å². The predicted octanol–water partition coefficient (Wildman–Crippen LogP) is 9.25. The molecule has 13 rings (SSSR count). The molecule has 36 heteroatoms. The van der Waals surface area contributed by atoms with Gasteiger partial charge in [-0.15, -0.1) is 0 Å². The van der Waals surface area contributed by atoms with Gasteiger partial charge in [-0.25, -0.2) is 44.2 Å². The van der Waals surface area contributed by atoms with Gasteiger partial charge < -0.3 is 94.4 Å². The number of allylic oxidation sites excluding steroid dienone is 6. The molecule has 4 amide bonds. The maximum Gasteiger partial charge on any atom is 0.407 e. The number of hydrogen-bond acceptors (Lipinski definition) is 30. The first-order valence-electron chi connectivity index (χ1n) is 46.4. The highest BCUT2D eigenvalue weighted by atomic mass is 16.6. The van der Waals surface area contributed by atoms with E-state index in [0.717, 1.165) is 39.7 Å². The van der Waals surface area contributed by atoms with Crippen molar-refractivity contribution in [2.45, 2.75) is 212 Å². The summed E-state index contributed by atoms with van der Waals surface area (Å²) in [6, 6.07) is 9.26. The third-order valence-electron chi connectivity index (χ3n) is 25.7. The molecule has 0 spiro atoms. The largest absolute Gasteiger partial charge is 0.460 e. The summed E-state index contributed by atoms with van der Waals surface area (Å²) in [5, 5.41) is 23.8. The molecule has 7 aromatic rings. The number of rotatable bonds is 29. The van der Waals surface area contributed by atoms with Crippen LogP contribution in [-0.2, 0) is 97.5 Å². The molecular weight excluding hydrogens is 1690 g/mol. The van der Waals surface area contributed by atoms with Gasteiger partial charge >= 0.3 is 12.1 Å². The summed E-state index contributed by atoms with van der Waals surface area (Å²) in [6.07, 6.45) is 23.6. The number of aliphatic hydroxyl groups is 1. The number of Topliss-reactive ketones (excluding diaryl/α,β-unsaturated/α-hetero) is 3. The summed E-state index contributed by atoms with van der Waals surface area (Å²) in [7, 11) is 3.01. The van der Waals surface area contributed by atoms with Crippen LogP contribution in [0.4, 0.5) is 28.3 Å². The fourth-order valence-electron chi connectivity index (χ4n) is 18.1. The Morgan fingerprint density at radius 2 is 1.42 bits per heavy atom. The van der Waals surface area contributed by atoms with Gasteiger partial charge in [0.25, 0.3) is 11.8 Å². The molecule has 2 unspecified atom stereocenters. The Kier molecular flexibility index (Phi) is 35.9. The number of carbonyl (C=O) groups is 8. The molecule has 5 aliphatic heterocycles. The normalized spacial score (nSPS) is 25.1. The van der Waals surface area contributed by atoms with E-state index < -0.39 is 72.0 Å². The lowest BCUT2D eigenvalue weighted by Crippen LogP contribution is -2.54. The van der Waals surface area contributed by atoms with E-state index in [-0.39, 0.29) is 111 Å². The standard InChI is InChI=1S/C96H128N18O18/c1-60-14-9-8-10-15-61(2)79(124-6)51-73-16-13-18-78(130-73)85(119)92(121)113-32-12-11-17-76(113)93(122)131-74(50-77(115)62(3)47-64(5)84(118)86(125-7)83(117)63(4)46-60)26-22-65-20-24-72(25-21-65)132-96(123)105-54-67-52-102-94(103-53-67)110-34-36-111(37-35-110)95-104-56-75(87(97)108-95)91(120)100-31-39-127-41-43-129-45-44-128-42-40-126-38-29-80(116)112-33-28-68-48-66(19-23-70(68)58-112)57-114-90-81(88(98)106-59-107-90)82(109-114)71-49-69-27-30-99-89(69)101-55-71/h8-10,14-15,19,23,27,30,47-49,52-53,55-56,59-60,62-63,65,72-74,76,78-79,84,86,118H,11-13,16-18,20-22,24-26,28-29,31-46,50-51,54,57-58H2,1-7H3,(H,99,101)(H,100,120)(H,105,123)(H2,97,104,108)(H2,98,106,107)/b10-8+,14-9+,61-15+,64-47+/t60-,62-,63-,65-,72-,73?,74-,76+,78?,79+,84-,86+/m1/s1. The van der Waals surface area contributed by atoms with Crippen LogP contribution in [-0.4, -0.2) is 273 Å². The topological polar surface area (TPSA) is 453 Å². The second-order valence-electron chi connectivity index (χ2n) is 35.3. The van der Waals surface area contributed by atoms with Gasteiger partial charge in [0.1, 0.15) is 71.6 Å². The number of fused-ring (bicyclic) bond motifs is 6. The van der Waals surface area contributed by atoms with Crippen LogP contribution >= 0.6 is 0 Å². The van der Waals surface area contributed by atoms with Crippen LogP contribution in [0.2, 0.25) is 0 Å². The smallest absolute Gasteiger partial charge is 0.407 e. The summed E-state index contributed by atoms with van der Waals surface area (Å²) in [5.74, 6) is -2.89. The van der Waals surface area contributed by atoms with Crippen LogP contribution in [0.3, 0.4) is 0 Å². The molecule has 710 valence electrons. The number of nitrogen functional groups attached to an aromatic ring is 2. The highest BCUT2D eigenvalue weighted by molar-refractivity contribution is 6.38. The lowest BCUT2D eigenvalue weighted by molar-refractivity contribution is -0.167. The molecule has 36 nitrogen and oxygen atoms in total. The average Bonchev–Trinajstić information content (AvgIpc) is 1.61. The van der Waals surface area contributed by atoms with Gasteiger partial charge in [0, 0.05) is 145 Å².